The second kappa shape index (κ2) is 11.4. The lowest BCUT2D eigenvalue weighted by Gasteiger charge is -2.26. The lowest BCUT2D eigenvalue weighted by molar-refractivity contribution is -0.139. The third-order valence-electron chi connectivity index (χ3n) is 5.87. The van der Waals surface area contributed by atoms with E-state index in [0.29, 0.717) is 48.4 Å². The average molecular weight is 557 g/mol. The number of methoxy groups -OCH3 is 2. The van der Waals surface area contributed by atoms with E-state index in [1.165, 1.54) is 23.0 Å². The Morgan fingerprint density at radius 3 is 2.55 bits per heavy atom. The van der Waals surface area contributed by atoms with Gasteiger partial charge in [-0.15, -0.1) is 0 Å². The summed E-state index contributed by atoms with van der Waals surface area (Å²) in [5, 5.41) is 0.513. The van der Waals surface area contributed by atoms with Crippen LogP contribution in [0.15, 0.2) is 57.5 Å². The minimum atomic E-state index is -0.844. The van der Waals surface area contributed by atoms with Gasteiger partial charge in [-0.25, -0.2) is 9.79 Å². The lowest BCUT2D eigenvalue weighted by atomic mass is 9.94. The minimum Gasteiger partial charge on any atom is -0.497 e. The third kappa shape index (κ3) is 5.35. The molecule has 200 valence electrons. The highest BCUT2D eigenvalue weighted by atomic mass is 35.5. The van der Waals surface area contributed by atoms with Crippen LogP contribution in [0.3, 0.4) is 0 Å². The van der Waals surface area contributed by atoms with Gasteiger partial charge in [0, 0.05) is 16.1 Å². The number of ether oxygens (including phenoxy) is 4. The molecule has 0 saturated heterocycles. The number of thiazole rings is 1. The Kier molecular flexibility index (Phi) is 8.28. The third-order valence-corrected chi connectivity index (χ3v) is 7.09. The summed E-state index contributed by atoms with van der Waals surface area (Å²) in [6.07, 6.45) is 1.66. The number of allylic oxidation sites excluding steroid dienone is 1. The standard InChI is InChI=1S/C28H29ClN2O6S/c1-7-36-27(33)24-16(4)30-28-31(25(24)20-14-19(34-5)9-11-22(20)35-6)26(32)23(38-28)13-17-12-18(29)8-10-21(17)37-15(2)3/h8-15,25H,7H2,1-6H3/b23-13+/t25-/m1/s1. The fraction of sp³-hybridized carbons (Fsp3) is 0.321. The molecule has 1 aliphatic rings. The zero-order valence-corrected chi connectivity index (χ0v) is 23.6. The zero-order chi connectivity index (χ0) is 27.6. The molecule has 0 aliphatic carbocycles. The van der Waals surface area contributed by atoms with Gasteiger partial charge in [0.15, 0.2) is 4.80 Å². The molecule has 1 atom stereocenters. The molecule has 2 heterocycles. The van der Waals surface area contributed by atoms with E-state index < -0.39 is 12.0 Å². The summed E-state index contributed by atoms with van der Waals surface area (Å²) in [5.74, 6) is 1.09. The van der Waals surface area contributed by atoms with Crippen molar-refractivity contribution in [3.8, 4) is 17.2 Å². The predicted octanol–water partition coefficient (Wildman–Crippen LogP) is 4.26. The van der Waals surface area contributed by atoms with Gasteiger partial charge in [0.1, 0.15) is 23.3 Å². The molecular weight excluding hydrogens is 528 g/mol. The van der Waals surface area contributed by atoms with Crippen LogP contribution in [-0.4, -0.2) is 37.5 Å². The van der Waals surface area contributed by atoms with Crippen LogP contribution in [0.25, 0.3) is 6.08 Å². The van der Waals surface area contributed by atoms with E-state index in [1.54, 1.807) is 63.4 Å². The van der Waals surface area contributed by atoms with Crippen molar-refractivity contribution in [2.45, 2.75) is 39.8 Å². The fourth-order valence-electron chi connectivity index (χ4n) is 4.27. The Bertz CT molecular complexity index is 1590. The van der Waals surface area contributed by atoms with Gasteiger partial charge in [0.05, 0.1) is 42.7 Å². The first-order valence-corrected chi connectivity index (χ1v) is 13.3. The number of carbonyl (C=O) groups is 1. The zero-order valence-electron chi connectivity index (χ0n) is 22.0. The molecular formula is C28H29ClN2O6S. The van der Waals surface area contributed by atoms with E-state index in [2.05, 4.69) is 4.99 Å². The van der Waals surface area contributed by atoms with Gasteiger partial charge in [0.25, 0.3) is 5.56 Å². The molecule has 4 rings (SSSR count). The summed E-state index contributed by atoms with van der Waals surface area (Å²) in [6.45, 7) is 7.48. The van der Waals surface area contributed by atoms with Crippen LogP contribution in [0.2, 0.25) is 5.02 Å². The number of esters is 1. The van der Waals surface area contributed by atoms with Crippen LogP contribution < -0.4 is 29.1 Å². The first-order valence-electron chi connectivity index (χ1n) is 12.1. The largest absolute Gasteiger partial charge is 0.497 e. The molecule has 3 aromatic rings. The van der Waals surface area contributed by atoms with Crippen LogP contribution in [0.4, 0.5) is 0 Å². The van der Waals surface area contributed by atoms with Gasteiger partial charge < -0.3 is 18.9 Å². The molecule has 0 N–H and O–H groups in total. The number of hydrogen-bond acceptors (Lipinski definition) is 8. The van der Waals surface area contributed by atoms with Crippen LogP contribution in [-0.2, 0) is 9.53 Å². The summed E-state index contributed by atoms with van der Waals surface area (Å²) in [5.41, 5.74) is 1.62. The van der Waals surface area contributed by atoms with Crippen molar-refractivity contribution in [1.82, 2.24) is 4.57 Å². The van der Waals surface area contributed by atoms with E-state index in [4.69, 9.17) is 30.5 Å². The van der Waals surface area contributed by atoms with E-state index in [-0.39, 0.29) is 23.8 Å². The molecule has 0 spiro atoms. The van der Waals surface area contributed by atoms with Crippen LogP contribution in [0, 0.1) is 0 Å². The SMILES string of the molecule is CCOC(=O)C1=C(C)N=c2s/c(=C/c3cc(Cl)ccc3OC(C)C)c(=O)n2[C@@H]1c1cc(OC)ccc1OC. The summed E-state index contributed by atoms with van der Waals surface area (Å²) in [7, 11) is 3.08. The first kappa shape index (κ1) is 27.5. The van der Waals surface area contributed by atoms with Crippen LogP contribution in [0.5, 0.6) is 17.2 Å². The van der Waals surface area contributed by atoms with Gasteiger partial charge in [-0.05, 0) is 70.2 Å². The molecule has 0 saturated carbocycles. The maximum atomic E-state index is 14.0. The Morgan fingerprint density at radius 1 is 1.16 bits per heavy atom. The maximum absolute atomic E-state index is 14.0. The summed E-state index contributed by atoms with van der Waals surface area (Å²) < 4.78 is 24.3. The second-order valence-electron chi connectivity index (χ2n) is 8.76. The van der Waals surface area contributed by atoms with E-state index >= 15 is 0 Å². The Labute approximate surface area is 229 Å². The Morgan fingerprint density at radius 2 is 1.89 bits per heavy atom. The molecule has 38 heavy (non-hydrogen) atoms. The molecule has 0 amide bonds. The number of carbonyl (C=O) groups excluding carboxylic acids is 1. The number of hydrogen-bond donors (Lipinski definition) is 0. The van der Waals surface area contributed by atoms with E-state index in [0.717, 1.165) is 0 Å². The molecule has 0 radical (unpaired) electrons. The lowest BCUT2D eigenvalue weighted by Crippen LogP contribution is -2.40. The smallest absolute Gasteiger partial charge is 0.338 e. The summed E-state index contributed by atoms with van der Waals surface area (Å²) in [4.78, 5) is 32.2. The highest BCUT2D eigenvalue weighted by molar-refractivity contribution is 7.07. The normalized spacial score (nSPS) is 15.3. The van der Waals surface area contributed by atoms with Crippen molar-refractivity contribution in [3.05, 3.63) is 83.5 Å². The number of aromatic nitrogens is 1. The molecule has 1 aromatic heterocycles. The number of halogens is 1. The molecule has 0 bridgehead atoms. The van der Waals surface area contributed by atoms with Crippen molar-refractivity contribution < 1.29 is 23.7 Å². The van der Waals surface area contributed by atoms with Crippen molar-refractivity contribution in [3.63, 3.8) is 0 Å². The molecule has 0 fully saturated rings. The number of benzene rings is 2. The molecule has 1 aliphatic heterocycles. The summed E-state index contributed by atoms with van der Waals surface area (Å²) in [6, 6.07) is 9.66. The number of rotatable bonds is 8. The van der Waals surface area contributed by atoms with Crippen molar-refractivity contribution in [1.29, 1.82) is 0 Å². The highest BCUT2D eigenvalue weighted by Gasteiger charge is 2.35. The van der Waals surface area contributed by atoms with Gasteiger partial charge in [-0.2, -0.15) is 0 Å². The van der Waals surface area contributed by atoms with Crippen molar-refractivity contribution in [2.75, 3.05) is 20.8 Å². The highest BCUT2D eigenvalue weighted by Crippen LogP contribution is 2.38. The number of nitrogens with zero attached hydrogens (tertiary/aromatic N) is 2. The Hall–Kier alpha value is -3.56. The average Bonchev–Trinajstić information content (AvgIpc) is 3.18. The fourth-order valence-corrected chi connectivity index (χ4v) is 5.49. The molecule has 0 unspecified atom stereocenters. The van der Waals surface area contributed by atoms with Crippen molar-refractivity contribution in [2.24, 2.45) is 4.99 Å². The maximum Gasteiger partial charge on any atom is 0.338 e. The van der Waals surface area contributed by atoms with Gasteiger partial charge in [-0.1, -0.05) is 22.9 Å². The van der Waals surface area contributed by atoms with E-state index in [9.17, 15) is 9.59 Å². The minimum absolute atomic E-state index is 0.0696. The number of fused-ring (bicyclic) bond motifs is 1. The quantitative estimate of drug-likeness (QED) is 0.385. The Balaban J connectivity index is 2.01. The molecule has 8 nitrogen and oxygen atoms in total. The van der Waals surface area contributed by atoms with Gasteiger partial charge >= 0.3 is 5.97 Å². The van der Waals surface area contributed by atoms with Gasteiger partial charge in [-0.3, -0.25) is 9.36 Å². The van der Waals surface area contributed by atoms with Crippen LogP contribution >= 0.6 is 22.9 Å². The van der Waals surface area contributed by atoms with Crippen LogP contribution in [0.1, 0.15) is 44.9 Å². The monoisotopic (exact) mass is 556 g/mol. The molecule has 2 aromatic carbocycles. The van der Waals surface area contributed by atoms with E-state index in [1.807, 2.05) is 13.8 Å². The first-order chi connectivity index (χ1) is 18.2. The topological polar surface area (TPSA) is 88.4 Å². The van der Waals surface area contributed by atoms with Crippen molar-refractivity contribution >= 4 is 35.0 Å². The second-order valence-corrected chi connectivity index (χ2v) is 10.2. The molecule has 10 heteroatoms. The van der Waals surface area contributed by atoms with Gasteiger partial charge in [0.2, 0.25) is 0 Å². The summed E-state index contributed by atoms with van der Waals surface area (Å²) >= 11 is 7.48. The predicted molar refractivity (Wildman–Crippen MR) is 147 cm³/mol.